The lowest BCUT2D eigenvalue weighted by Gasteiger charge is -2.10. The Morgan fingerprint density at radius 3 is 2.47 bits per heavy atom. The zero-order valence-corrected chi connectivity index (χ0v) is 17.7. The molecule has 1 fully saturated rings. The van der Waals surface area contributed by atoms with Gasteiger partial charge in [-0.25, -0.2) is 0 Å². The lowest BCUT2D eigenvalue weighted by atomic mass is 10.1. The van der Waals surface area contributed by atoms with Gasteiger partial charge in [-0.2, -0.15) is 5.26 Å². The van der Waals surface area contributed by atoms with Crippen molar-refractivity contribution >= 4 is 23.2 Å². The lowest BCUT2D eigenvalue weighted by Crippen LogP contribution is -2.15. The van der Waals surface area contributed by atoms with Gasteiger partial charge in [0.2, 0.25) is 5.91 Å². The van der Waals surface area contributed by atoms with Crippen LogP contribution in [0.25, 0.3) is 0 Å². The van der Waals surface area contributed by atoms with Gasteiger partial charge in [0, 0.05) is 28.9 Å². The van der Waals surface area contributed by atoms with Crippen LogP contribution in [-0.4, -0.2) is 11.8 Å². The third-order valence-electron chi connectivity index (χ3n) is 5.41. The summed E-state index contributed by atoms with van der Waals surface area (Å²) in [5.41, 5.74) is 3.25. The Balaban J connectivity index is 1.34. The van der Waals surface area contributed by atoms with Crippen LogP contribution in [-0.2, 0) is 11.4 Å². The van der Waals surface area contributed by atoms with E-state index in [1.54, 1.807) is 54.6 Å². The predicted octanol–water partition coefficient (Wildman–Crippen LogP) is 4.98. The van der Waals surface area contributed by atoms with Crippen molar-refractivity contribution in [1.29, 1.82) is 5.26 Å². The fraction of sp³-hybridized carbons (Fsp3) is 0.192. The number of hydrogen-bond acceptors (Lipinski definition) is 4. The quantitative estimate of drug-likeness (QED) is 0.558. The molecule has 6 nitrogen and oxygen atoms in total. The van der Waals surface area contributed by atoms with Crippen LogP contribution in [0, 0.1) is 23.2 Å². The molecular weight excluding hydrogens is 402 g/mol. The van der Waals surface area contributed by atoms with Crippen molar-refractivity contribution in [3.05, 3.63) is 89.5 Å². The monoisotopic (exact) mass is 425 g/mol. The number of hydrogen-bond donors (Lipinski definition) is 2. The van der Waals surface area contributed by atoms with Crippen LogP contribution < -0.4 is 15.4 Å². The summed E-state index contributed by atoms with van der Waals surface area (Å²) in [6.45, 7) is 2.38. The van der Waals surface area contributed by atoms with Gasteiger partial charge in [0.1, 0.15) is 12.4 Å². The van der Waals surface area contributed by atoms with Gasteiger partial charge < -0.3 is 15.4 Å². The van der Waals surface area contributed by atoms with Crippen molar-refractivity contribution in [2.24, 2.45) is 11.8 Å². The number of benzene rings is 3. The molecule has 32 heavy (non-hydrogen) atoms. The average Bonchev–Trinajstić information content (AvgIpc) is 3.55. The maximum atomic E-state index is 12.6. The summed E-state index contributed by atoms with van der Waals surface area (Å²) >= 11 is 0. The Morgan fingerprint density at radius 1 is 1.00 bits per heavy atom. The molecule has 6 heteroatoms. The van der Waals surface area contributed by atoms with Crippen molar-refractivity contribution in [2.45, 2.75) is 20.0 Å². The van der Waals surface area contributed by atoms with E-state index in [4.69, 9.17) is 10.00 Å². The largest absolute Gasteiger partial charge is 0.489 e. The SMILES string of the molecule is CC1CC1C(=O)Nc1ccc(C(=O)Nc2cccc(OCc3cccc(C#N)c3)c2)cc1. The van der Waals surface area contributed by atoms with E-state index in [2.05, 4.69) is 23.6 Å². The second-order valence-corrected chi connectivity index (χ2v) is 7.97. The normalized spacial score (nSPS) is 16.5. The van der Waals surface area contributed by atoms with Crippen molar-refractivity contribution in [2.75, 3.05) is 10.6 Å². The van der Waals surface area contributed by atoms with Crippen LogP contribution in [0.5, 0.6) is 5.75 Å². The van der Waals surface area contributed by atoms with Crippen LogP contribution in [0.15, 0.2) is 72.8 Å². The smallest absolute Gasteiger partial charge is 0.255 e. The van der Waals surface area contributed by atoms with E-state index >= 15 is 0 Å². The van der Waals surface area contributed by atoms with Gasteiger partial charge >= 0.3 is 0 Å². The van der Waals surface area contributed by atoms with E-state index in [-0.39, 0.29) is 17.7 Å². The first kappa shape index (κ1) is 21.1. The van der Waals surface area contributed by atoms with E-state index in [0.29, 0.717) is 40.8 Å². The minimum Gasteiger partial charge on any atom is -0.489 e. The zero-order chi connectivity index (χ0) is 22.5. The Labute approximate surface area is 186 Å². The second-order valence-electron chi connectivity index (χ2n) is 7.97. The molecule has 2 amide bonds. The molecule has 0 heterocycles. The standard InChI is InChI=1S/C26H23N3O3/c1-17-12-24(17)26(31)28-21-10-8-20(9-11-21)25(30)29-22-6-3-7-23(14-22)32-16-19-5-2-4-18(13-19)15-27/h2-11,13-14,17,24H,12,16H2,1H3,(H,28,31)(H,29,30). The molecule has 0 spiro atoms. The van der Waals surface area contributed by atoms with E-state index in [1.807, 2.05) is 18.2 Å². The number of nitriles is 1. The van der Waals surface area contributed by atoms with Crippen LogP contribution in [0.3, 0.4) is 0 Å². The predicted molar refractivity (Wildman–Crippen MR) is 122 cm³/mol. The first-order valence-corrected chi connectivity index (χ1v) is 10.5. The number of nitrogens with one attached hydrogen (secondary N) is 2. The highest BCUT2D eigenvalue weighted by Gasteiger charge is 2.39. The summed E-state index contributed by atoms with van der Waals surface area (Å²) in [6.07, 6.45) is 0.932. The topological polar surface area (TPSA) is 91.2 Å². The summed E-state index contributed by atoms with van der Waals surface area (Å²) in [5, 5.41) is 14.7. The molecular formula is C26H23N3O3. The van der Waals surface area contributed by atoms with Gasteiger partial charge in [-0.3, -0.25) is 9.59 Å². The average molecular weight is 425 g/mol. The molecule has 2 N–H and O–H groups in total. The van der Waals surface area contributed by atoms with Crippen molar-refractivity contribution < 1.29 is 14.3 Å². The fourth-order valence-electron chi connectivity index (χ4n) is 3.39. The van der Waals surface area contributed by atoms with Crippen LogP contribution >= 0.6 is 0 Å². The minimum atomic E-state index is -0.252. The van der Waals surface area contributed by atoms with Crippen molar-refractivity contribution in [1.82, 2.24) is 0 Å². The molecule has 0 aromatic heterocycles. The van der Waals surface area contributed by atoms with Gasteiger partial charge in [0.25, 0.3) is 5.91 Å². The number of ether oxygens (including phenoxy) is 1. The number of rotatable bonds is 7. The van der Waals surface area contributed by atoms with E-state index in [0.717, 1.165) is 12.0 Å². The molecule has 4 rings (SSSR count). The molecule has 160 valence electrons. The van der Waals surface area contributed by atoms with Gasteiger partial charge in [-0.1, -0.05) is 25.1 Å². The molecule has 1 aliphatic carbocycles. The molecule has 2 unspecified atom stereocenters. The van der Waals surface area contributed by atoms with E-state index < -0.39 is 0 Å². The minimum absolute atomic E-state index is 0.0332. The van der Waals surface area contributed by atoms with Crippen LogP contribution in [0.2, 0.25) is 0 Å². The molecule has 1 saturated carbocycles. The third-order valence-corrected chi connectivity index (χ3v) is 5.41. The highest BCUT2D eigenvalue weighted by atomic mass is 16.5. The molecule has 0 bridgehead atoms. The van der Waals surface area contributed by atoms with Crippen molar-refractivity contribution in [3.8, 4) is 11.8 Å². The summed E-state index contributed by atoms with van der Waals surface area (Å²) in [7, 11) is 0. The molecule has 2 atom stereocenters. The lowest BCUT2D eigenvalue weighted by molar-refractivity contribution is -0.117. The van der Waals surface area contributed by atoms with Gasteiger partial charge in [0.15, 0.2) is 0 Å². The molecule has 0 radical (unpaired) electrons. The van der Waals surface area contributed by atoms with Gasteiger partial charge in [-0.05, 0) is 66.4 Å². The number of carbonyl (C=O) groups is 2. The fourth-order valence-corrected chi connectivity index (χ4v) is 3.39. The number of nitrogens with zero attached hydrogens (tertiary/aromatic N) is 1. The molecule has 3 aromatic rings. The maximum Gasteiger partial charge on any atom is 0.255 e. The van der Waals surface area contributed by atoms with Crippen molar-refractivity contribution in [3.63, 3.8) is 0 Å². The Hall–Kier alpha value is -4.11. The number of carbonyl (C=O) groups excluding carboxylic acids is 2. The summed E-state index contributed by atoms with van der Waals surface area (Å²) in [6, 6.07) is 23.3. The molecule has 1 aliphatic rings. The summed E-state index contributed by atoms with van der Waals surface area (Å²) < 4.78 is 5.80. The van der Waals surface area contributed by atoms with E-state index in [9.17, 15) is 9.59 Å². The Kier molecular flexibility index (Phi) is 6.18. The summed E-state index contributed by atoms with van der Waals surface area (Å²) in [4.78, 5) is 24.6. The van der Waals surface area contributed by atoms with Crippen LogP contribution in [0.4, 0.5) is 11.4 Å². The van der Waals surface area contributed by atoms with Gasteiger partial charge in [-0.15, -0.1) is 0 Å². The highest BCUT2D eigenvalue weighted by molar-refractivity contribution is 6.04. The first-order chi connectivity index (χ1) is 15.5. The summed E-state index contributed by atoms with van der Waals surface area (Å²) in [5.74, 6) is 0.936. The maximum absolute atomic E-state index is 12.6. The molecule has 0 saturated heterocycles. The third kappa shape index (κ3) is 5.32. The second kappa shape index (κ2) is 9.36. The number of anilines is 2. The van der Waals surface area contributed by atoms with E-state index in [1.165, 1.54) is 0 Å². The first-order valence-electron chi connectivity index (χ1n) is 10.5. The number of amides is 2. The highest BCUT2D eigenvalue weighted by Crippen LogP contribution is 2.38. The molecule has 0 aliphatic heterocycles. The zero-order valence-electron chi connectivity index (χ0n) is 17.7. The Bertz CT molecular complexity index is 1180. The van der Waals surface area contributed by atoms with Crippen LogP contribution in [0.1, 0.15) is 34.8 Å². The van der Waals surface area contributed by atoms with Gasteiger partial charge in [0.05, 0.1) is 11.6 Å². The molecule has 3 aromatic carbocycles. The Morgan fingerprint density at radius 2 is 1.75 bits per heavy atom.